The molecule has 0 spiro atoms. The topological polar surface area (TPSA) is 98.5 Å². The summed E-state index contributed by atoms with van der Waals surface area (Å²) >= 11 is 0. The van der Waals surface area contributed by atoms with E-state index < -0.39 is 28.6 Å². The normalized spacial score (nSPS) is 18.5. The van der Waals surface area contributed by atoms with E-state index in [0.717, 1.165) is 37.7 Å². The number of nitrogens with zero attached hydrogens (tertiary/aromatic N) is 2. The minimum absolute atomic E-state index is 0.0906. The number of piperidine rings is 1. The van der Waals surface area contributed by atoms with Crippen LogP contribution in [0.2, 0.25) is 0 Å². The molecule has 0 radical (unpaired) electrons. The molecule has 0 unspecified atom stereocenters. The first-order valence-corrected chi connectivity index (χ1v) is 10.6. The summed E-state index contributed by atoms with van der Waals surface area (Å²) in [4.78, 5) is 19.5. The van der Waals surface area contributed by atoms with Crippen LogP contribution in [-0.4, -0.2) is 39.3 Å². The predicted molar refractivity (Wildman–Crippen MR) is 119 cm³/mol. The van der Waals surface area contributed by atoms with Gasteiger partial charge >= 0.3 is 0 Å². The molecule has 0 bridgehead atoms. The summed E-state index contributed by atoms with van der Waals surface area (Å²) in [6, 6.07) is 7.14. The minimum atomic E-state index is -0.880. The van der Waals surface area contributed by atoms with E-state index in [-0.39, 0.29) is 28.9 Å². The van der Waals surface area contributed by atoms with Crippen LogP contribution in [0.3, 0.4) is 0 Å². The highest BCUT2D eigenvalue weighted by Gasteiger charge is 2.21. The number of rotatable bonds is 4. The van der Waals surface area contributed by atoms with Gasteiger partial charge in [-0.05, 0) is 37.1 Å². The lowest BCUT2D eigenvalue weighted by Gasteiger charge is -2.28. The molecule has 0 saturated carbocycles. The van der Waals surface area contributed by atoms with Gasteiger partial charge in [-0.25, -0.2) is 18.2 Å². The molecule has 0 aliphatic carbocycles. The SMILES string of the molecule is C[C@H]1CNC[C@H](Nc2nc(-c3n[nH]c4cc(F)c(-c5c(F)cccc5F)cc34)cc(=O)[nH]2)C1. The van der Waals surface area contributed by atoms with Crippen molar-refractivity contribution in [2.75, 3.05) is 18.4 Å². The Kier molecular flexibility index (Phi) is 5.37. The summed E-state index contributed by atoms with van der Waals surface area (Å²) in [7, 11) is 0. The molecule has 170 valence electrons. The first-order chi connectivity index (χ1) is 15.9. The quantitative estimate of drug-likeness (QED) is 0.376. The van der Waals surface area contributed by atoms with Crippen molar-refractivity contribution < 1.29 is 13.2 Å². The van der Waals surface area contributed by atoms with E-state index in [1.165, 1.54) is 18.2 Å². The van der Waals surface area contributed by atoms with Gasteiger partial charge in [0, 0.05) is 35.7 Å². The Hall–Kier alpha value is -3.66. The van der Waals surface area contributed by atoms with Crippen LogP contribution < -0.4 is 16.2 Å². The third-order valence-corrected chi connectivity index (χ3v) is 5.78. The highest BCUT2D eigenvalue weighted by Crippen LogP contribution is 2.34. The lowest BCUT2D eigenvalue weighted by atomic mass is 9.98. The van der Waals surface area contributed by atoms with Crippen LogP contribution in [0.25, 0.3) is 33.4 Å². The van der Waals surface area contributed by atoms with Gasteiger partial charge in [0.1, 0.15) is 28.8 Å². The number of hydrogen-bond acceptors (Lipinski definition) is 5. The molecule has 1 aliphatic heterocycles. The van der Waals surface area contributed by atoms with Crippen molar-refractivity contribution in [3.63, 3.8) is 0 Å². The van der Waals surface area contributed by atoms with Crippen LogP contribution in [-0.2, 0) is 0 Å². The van der Waals surface area contributed by atoms with Crippen LogP contribution in [0.15, 0.2) is 41.2 Å². The van der Waals surface area contributed by atoms with E-state index in [2.05, 4.69) is 37.7 Å². The van der Waals surface area contributed by atoms with Crippen molar-refractivity contribution in [1.82, 2.24) is 25.5 Å². The number of aromatic nitrogens is 4. The maximum Gasteiger partial charge on any atom is 0.252 e. The van der Waals surface area contributed by atoms with Crippen LogP contribution >= 0.6 is 0 Å². The van der Waals surface area contributed by atoms with Gasteiger partial charge in [0.25, 0.3) is 5.56 Å². The van der Waals surface area contributed by atoms with Crippen LogP contribution in [0.5, 0.6) is 0 Å². The van der Waals surface area contributed by atoms with E-state index in [0.29, 0.717) is 16.8 Å². The van der Waals surface area contributed by atoms with Crippen molar-refractivity contribution in [3.05, 3.63) is 64.2 Å². The number of nitrogens with one attached hydrogen (secondary N) is 4. The molecule has 10 heteroatoms. The number of halogens is 3. The third kappa shape index (κ3) is 4.09. The molecule has 2 aromatic carbocycles. The number of benzene rings is 2. The molecule has 4 N–H and O–H groups in total. The Morgan fingerprint density at radius 3 is 2.61 bits per heavy atom. The van der Waals surface area contributed by atoms with Gasteiger partial charge < -0.3 is 10.6 Å². The van der Waals surface area contributed by atoms with E-state index >= 15 is 0 Å². The zero-order chi connectivity index (χ0) is 23.1. The largest absolute Gasteiger partial charge is 0.352 e. The molecule has 4 aromatic rings. The fraction of sp³-hybridized carbons (Fsp3) is 0.261. The summed E-state index contributed by atoms with van der Waals surface area (Å²) in [6.45, 7) is 3.81. The second-order valence-electron chi connectivity index (χ2n) is 8.37. The fourth-order valence-electron chi connectivity index (χ4n) is 4.29. The minimum Gasteiger partial charge on any atom is -0.352 e. The Balaban J connectivity index is 1.58. The van der Waals surface area contributed by atoms with E-state index in [9.17, 15) is 18.0 Å². The lowest BCUT2D eigenvalue weighted by Crippen LogP contribution is -2.42. The average Bonchev–Trinajstić information content (AvgIpc) is 3.16. The molecule has 5 rings (SSSR count). The zero-order valence-electron chi connectivity index (χ0n) is 17.7. The Morgan fingerprint density at radius 1 is 1.06 bits per heavy atom. The third-order valence-electron chi connectivity index (χ3n) is 5.78. The van der Waals surface area contributed by atoms with Gasteiger partial charge in [0.2, 0.25) is 5.95 Å². The Labute approximate surface area is 186 Å². The zero-order valence-corrected chi connectivity index (χ0v) is 17.7. The first-order valence-electron chi connectivity index (χ1n) is 10.6. The average molecular weight is 454 g/mol. The van der Waals surface area contributed by atoms with Gasteiger partial charge in [0.05, 0.1) is 11.1 Å². The smallest absolute Gasteiger partial charge is 0.252 e. The Bertz CT molecular complexity index is 1380. The van der Waals surface area contributed by atoms with E-state index in [1.54, 1.807) is 0 Å². The second-order valence-corrected chi connectivity index (χ2v) is 8.37. The number of fused-ring (bicyclic) bond motifs is 1. The number of aromatic amines is 2. The Morgan fingerprint density at radius 2 is 1.85 bits per heavy atom. The predicted octanol–water partition coefficient (Wildman–Crippen LogP) is 3.81. The van der Waals surface area contributed by atoms with Crippen molar-refractivity contribution >= 4 is 16.9 Å². The van der Waals surface area contributed by atoms with Crippen LogP contribution in [0, 0.1) is 23.4 Å². The maximum absolute atomic E-state index is 14.7. The lowest BCUT2D eigenvalue weighted by molar-refractivity contribution is 0.377. The van der Waals surface area contributed by atoms with Crippen molar-refractivity contribution in [2.24, 2.45) is 5.92 Å². The molecule has 2 aromatic heterocycles. The fourth-order valence-corrected chi connectivity index (χ4v) is 4.29. The maximum atomic E-state index is 14.7. The van der Waals surface area contributed by atoms with Crippen molar-refractivity contribution in [3.8, 4) is 22.5 Å². The van der Waals surface area contributed by atoms with Gasteiger partial charge in [-0.15, -0.1) is 0 Å². The molecular formula is C23H21F3N6O. The summed E-state index contributed by atoms with van der Waals surface area (Å²) in [5, 5.41) is 13.8. The highest BCUT2D eigenvalue weighted by atomic mass is 19.1. The van der Waals surface area contributed by atoms with Gasteiger partial charge in [-0.2, -0.15) is 5.10 Å². The van der Waals surface area contributed by atoms with E-state index in [1.807, 2.05) is 0 Å². The van der Waals surface area contributed by atoms with Crippen molar-refractivity contribution in [1.29, 1.82) is 0 Å². The van der Waals surface area contributed by atoms with Gasteiger partial charge in [0.15, 0.2) is 0 Å². The molecule has 1 aliphatic rings. The molecule has 3 heterocycles. The van der Waals surface area contributed by atoms with Crippen LogP contribution in [0.4, 0.5) is 19.1 Å². The monoisotopic (exact) mass is 454 g/mol. The number of H-pyrrole nitrogens is 2. The summed E-state index contributed by atoms with van der Waals surface area (Å²) in [5.74, 6) is -1.80. The molecule has 1 fully saturated rings. The summed E-state index contributed by atoms with van der Waals surface area (Å²) in [5.41, 5.74) is -0.276. The molecule has 1 saturated heterocycles. The second kappa shape index (κ2) is 8.36. The molecule has 33 heavy (non-hydrogen) atoms. The summed E-state index contributed by atoms with van der Waals surface area (Å²) in [6.07, 6.45) is 0.920. The summed E-state index contributed by atoms with van der Waals surface area (Å²) < 4.78 is 43.4. The standard InChI is InChI=1S/C23H21F3N6O/c1-11-5-12(10-27-9-11)28-23-29-19(8-20(33)30-23)22-14-6-13(17(26)7-18(14)31-32-22)21-15(24)3-2-4-16(21)25/h2-4,6-8,11-12,27H,5,9-10H2,1H3,(H,31,32)(H2,28,29,30,33)/t11-,12-/m1/s1. The van der Waals surface area contributed by atoms with E-state index in [4.69, 9.17) is 0 Å². The molecule has 7 nitrogen and oxygen atoms in total. The molecule has 0 amide bonds. The van der Waals surface area contributed by atoms with Crippen molar-refractivity contribution in [2.45, 2.75) is 19.4 Å². The van der Waals surface area contributed by atoms with Gasteiger partial charge in [-0.3, -0.25) is 14.9 Å². The number of hydrogen-bond donors (Lipinski definition) is 4. The highest BCUT2D eigenvalue weighted by molar-refractivity contribution is 5.95. The van der Waals surface area contributed by atoms with Crippen LogP contribution in [0.1, 0.15) is 13.3 Å². The first kappa shape index (κ1) is 21.2. The van der Waals surface area contributed by atoms with Gasteiger partial charge in [-0.1, -0.05) is 13.0 Å². The molecular weight excluding hydrogens is 433 g/mol. The molecule has 2 atom stereocenters. The number of anilines is 1.